The Balaban J connectivity index is 0.00000280. The Morgan fingerprint density at radius 1 is 1.29 bits per heavy atom. The van der Waals surface area contributed by atoms with E-state index in [1.54, 1.807) is 6.07 Å². The number of rotatable bonds is 5. The van der Waals surface area contributed by atoms with E-state index < -0.39 is 25.7 Å². The zero-order valence-electron chi connectivity index (χ0n) is 15.6. The number of sulfone groups is 1. The van der Waals surface area contributed by atoms with Crippen molar-refractivity contribution in [1.82, 2.24) is 4.98 Å². The molecule has 2 saturated heterocycles. The van der Waals surface area contributed by atoms with E-state index in [9.17, 15) is 17.2 Å². The number of anilines is 1. The van der Waals surface area contributed by atoms with Crippen LogP contribution in [0.3, 0.4) is 0 Å². The van der Waals surface area contributed by atoms with Crippen molar-refractivity contribution in [1.29, 1.82) is 0 Å². The average Bonchev–Trinajstić information content (AvgIpc) is 2.67. The molecule has 8 nitrogen and oxygen atoms in total. The van der Waals surface area contributed by atoms with Crippen LogP contribution in [-0.4, -0.2) is 97.0 Å². The van der Waals surface area contributed by atoms with Crippen LogP contribution in [0.1, 0.15) is 31.7 Å². The Labute approximate surface area is 190 Å². The number of pyridine rings is 1. The van der Waals surface area contributed by atoms with Crippen molar-refractivity contribution in [3.05, 3.63) is 17.7 Å². The summed E-state index contributed by atoms with van der Waals surface area (Å²) in [5.41, 5.74) is 0.511. The number of ether oxygens (including phenoxy) is 2. The fourth-order valence-corrected chi connectivity index (χ4v) is 5.71. The third-order valence-electron chi connectivity index (χ3n) is 5.50. The van der Waals surface area contributed by atoms with E-state index in [1.807, 2.05) is 11.8 Å². The third-order valence-corrected chi connectivity index (χ3v) is 8.13. The summed E-state index contributed by atoms with van der Waals surface area (Å²) in [6.45, 7) is 4.38. The molecule has 2 fully saturated rings. The molecule has 1 aromatic rings. The first-order valence-electron chi connectivity index (χ1n) is 9.03. The van der Waals surface area contributed by atoms with Crippen LogP contribution >= 0.6 is 0 Å². The van der Waals surface area contributed by atoms with Crippen LogP contribution in [-0.2, 0) is 35.1 Å². The Hall–Kier alpha value is -0.0700. The fraction of sp³-hybridized carbons (Fsp3) is 0.706. The van der Waals surface area contributed by atoms with Gasteiger partial charge in [-0.25, -0.2) is 17.6 Å². The van der Waals surface area contributed by atoms with Crippen molar-refractivity contribution in [3.63, 3.8) is 0 Å². The normalized spacial score (nSPS) is 23.7. The van der Waals surface area contributed by atoms with Gasteiger partial charge in [-0.3, -0.25) is 0 Å². The van der Waals surface area contributed by atoms with Gasteiger partial charge in [0.15, 0.2) is 14.9 Å². The molecule has 0 aliphatic carbocycles. The second kappa shape index (κ2) is 9.82. The van der Waals surface area contributed by atoms with Gasteiger partial charge >= 0.3 is 29.6 Å². The van der Waals surface area contributed by atoms with Gasteiger partial charge in [0, 0.05) is 26.0 Å². The van der Waals surface area contributed by atoms with Crippen LogP contribution in [0.2, 0.25) is 0 Å². The van der Waals surface area contributed by atoms with E-state index in [4.69, 9.17) is 9.47 Å². The Morgan fingerprint density at radius 2 is 1.96 bits per heavy atom. The molecule has 3 rings (SSSR count). The first kappa shape index (κ1) is 24.2. The minimum atomic E-state index is -3.48. The number of morpholine rings is 1. The molecule has 28 heavy (non-hydrogen) atoms. The molecule has 1 N–H and O–H groups in total. The van der Waals surface area contributed by atoms with Crippen molar-refractivity contribution in [2.75, 3.05) is 44.1 Å². The molecule has 0 bridgehead atoms. The molecule has 0 unspecified atom stereocenters. The van der Waals surface area contributed by atoms with Crippen molar-refractivity contribution in [2.45, 2.75) is 42.0 Å². The molecule has 0 saturated carbocycles. The van der Waals surface area contributed by atoms with Gasteiger partial charge in [-0.1, -0.05) is 6.92 Å². The molecule has 0 radical (unpaired) electrons. The van der Waals surface area contributed by atoms with E-state index in [1.165, 1.54) is 12.3 Å². The van der Waals surface area contributed by atoms with E-state index in [0.29, 0.717) is 57.2 Å². The van der Waals surface area contributed by atoms with Crippen LogP contribution in [0.15, 0.2) is 17.2 Å². The molecule has 0 aromatic carbocycles. The minimum absolute atomic E-state index is 0. The first-order chi connectivity index (χ1) is 12.8. The molecule has 2 atom stereocenters. The SMILES string of the molecule is CC[C@H]1COCCN1c1cc(C2(S(C)(=O)=O)CCOCC2)cc([S@@](=O)O)n1.[NaH]. The number of aromatic nitrogens is 1. The van der Waals surface area contributed by atoms with Gasteiger partial charge in [0.2, 0.25) is 11.1 Å². The third kappa shape index (κ3) is 4.80. The first-order valence-corrected chi connectivity index (χ1v) is 12.0. The van der Waals surface area contributed by atoms with Crippen LogP contribution in [0.5, 0.6) is 0 Å². The molecule has 1 aromatic heterocycles. The van der Waals surface area contributed by atoms with Crippen molar-refractivity contribution < 1.29 is 26.7 Å². The van der Waals surface area contributed by atoms with Gasteiger partial charge in [-0.05, 0) is 37.0 Å². The molecule has 0 amide bonds. The van der Waals surface area contributed by atoms with Gasteiger partial charge in [-0.2, -0.15) is 0 Å². The van der Waals surface area contributed by atoms with Crippen LogP contribution in [0, 0.1) is 0 Å². The summed E-state index contributed by atoms with van der Waals surface area (Å²) in [5.74, 6) is 0.523. The van der Waals surface area contributed by atoms with Gasteiger partial charge in [-0.15, -0.1) is 0 Å². The Morgan fingerprint density at radius 3 is 2.54 bits per heavy atom. The van der Waals surface area contributed by atoms with Gasteiger partial charge in [0.1, 0.15) is 10.6 Å². The van der Waals surface area contributed by atoms with Crippen LogP contribution < -0.4 is 4.90 Å². The van der Waals surface area contributed by atoms with Crippen molar-refractivity contribution in [2.24, 2.45) is 0 Å². The van der Waals surface area contributed by atoms with E-state index >= 15 is 0 Å². The maximum atomic E-state index is 12.8. The standard InChI is InChI=1S/C17H26N2O6S2.Na.H/c1-3-14-12-25-9-6-19(14)15-10-13(11-16(18-15)26(20)21)17(27(2,22)23)4-7-24-8-5-17;;/h10-11,14H,3-9,12H2,1-2H3,(H,20,21);;/t14-;;/m0../s1. The molecule has 2 aliphatic rings. The molecule has 0 spiro atoms. The van der Waals surface area contributed by atoms with Gasteiger partial charge in [0.25, 0.3) is 0 Å². The second-order valence-electron chi connectivity index (χ2n) is 7.01. The maximum absolute atomic E-state index is 12.8. The molecular formula is C17H27N2NaO6S2. The van der Waals surface area contributed by atoms with Gasteiger partial charge < -0.3 is 18.9 Å². The fourth-order valence-electron chi connectivity index (χ4n) is 3.86. The van der Waals surface area contributed by atoms with E-state index in [0.717, 1.165) is 6.42 Å². The van der Waals surface area contributed by atoms with Crippen LogP contribution in [0.4, 0.5) is 5.82 Å². The molecular weight excluding hydrogens is 415 g/mol. The summed E-state index contributed by atoms with van der Waals surface area (Å²) in [6.07, 6.45) is 2.67. The predicted octanol–water partition coefficient (Wildman–Crippen LogP) is 0.679. The Bertz CT molecular complexity index is 814. The van der Waals surface area contributed by atoms with Crippen molar-refractivity contribution in [3.8, 4) is 0 Å². The number of hydrogen-bond donors (Lipinski definition) is 1. The zero-order valence-corrected chi connectivity index (χ0v) is 17.2. The average molecular weight is 443 g/mol. The quantitative estimate of drug-likeness (QED) is 0.524. The predicted molar refractivity (Wildman–Crippen MR) is 109 cm³/mol. The second-order valence-corrected chi connectivity index (χ2v) is 10.3. The Kier molecular flexibility index (Phi) is 8.49. The summed E-state index contributed by atoms with van der Waals surface area (Å²) in [5, 5.41) is -0.0293. The van der Waals surface area contributed by atoms with Gasteiger partial charge in [0.05, 0.1) is 19.3 Å². The zero-order chi connectivity index (χ0) is 19.7. The van der Waals surface area contributed by atoms with Crippen LogP contribution in [0.25, 0.3) is 0 Å². The summed E-state index contributed by atoms with van der Waals surface area (Å²) in [7, 11) is -3.48. The van der Waals surface area contributed by atoms with E-state index in [2.05, 4.69) is 4.98 Å². The van der Waals surface area contributed by atoms with E-state index in [-0.39, 0.29) is 40.6 Å². The van der Waals surface area contributed by atoms with Crippen molar-refractivity contribution >= 4 is 56.3 Å². The summed E-state index contributed by atoms with van der Waals surface area (Å²) in [4.78, 5) is 6.40. The number of nitrogens with zero attached hydrogens (tertiary/aromatic N) is 2. The number of hydrogen-bond acceptors (Lipinski definition) is 7. The molecule has 2 aliphatic heterocycles. The summed E-state index contributed by atoms with van der Waals surface area (Å²) < 4.78 is 56.8. The topological polar surface area (TPSA) is 106 Å². The molecule has 11 heteroatoms. The molecule has 3 heterocycles. The summed E-state index contributed by atoms with van der Waals surface area (Å²) >= 11 is -2.31. The monoisotopic (exact) mass is 442 g/mol. The molecule has 154 valence electrons. The summed E-state index contributed by atoms with van der Waals surface area (Å²) in [6, 6.07) is 3.30.